The predicted molar refractivity (Wildman–Crippen MR) is 67.0 cm³/mol. The van der Waals surface area contributed by atoms with Crippen LogP contribution in [0, 0.1) is 0 Å². The summed E-state index contributed by atoms with van der Waals surface area (Å²) in [5.74, 6) is -1.80. The highest BCUT2D eigenvalue weighted by Gasteiger charge is 2.14. The number of pyridine rings is 1. The Morgan fingerprint density at radius 2 is 1.95 bits per heavy atom. The summed E-state index contributed by atoms with van der Waals surface area (Å²) in [6.45, 7) is 0. The van der Waals surface area contributed by atoms with E-state index in [1.165, 1.54) is 6.07 Å². The smallest absolute Gasteiger partial charge is 0.304 e. The second kappa shape index (κ2) is 5.53. The minimum Gasteiger partial charge on any atom is -0.481 e. The number of hydrogen-bond donors (Lipinski definition) is 2. The van der Waals surface area contributed by atoms with Gasteiger partial charge in [0.05, 0.1) is 24.1 Å². The zero-order valence-corrected chi connectivity index (χ0v) is 11.5. The number of carboxylic acid groups (broad SMARTS) is 1. The molecule has 0 saturated carbocycles. The van der Waals surface area contributed by atoms with Crippen molar-refractivity contribution in [3.63, 3.8) is 0 Å². The number of nitrogens with zero attached hydrogens (tertiary/aromatic N) is 1. The number of carboxylic acids is 1. The van der Waals surface area contributed by atoms with Crippen LogP contribution in [0.3, 0.4) is 0 Å². The summed E-state index contributed by atoms with van der Waals surface area (Å²) < 4.78 is 47.3. The van der Waals surface area contributed by atoms with Crippen molar-refractivity contribution in [2.24, 2.45) is 0 Å². The Balaban J connectivity index is 2.81. The number of carbonyl (C=O) groups is 1. The molecule has 106 valence electrons. The molecule has 0 aliphatic rings. The molecule has 0 saturated heterocycles. The maximum atomic E-state index is 11.5. The van der Waals surface area contributed by atoms with Gasteiger partial charge in [-0.25, -0.2) is 21.8 Å². The average molecular weight is 308 g/mol. The lowest BCUT2D eigenvalue weighted by atomic mass is 10.4. The summed E-state index contributed by atoms with van der Waals surface area (Å²) in [6, 6.07) is 2.39. The van der Waals surface area contributed by atoms with Gasteiger partial charge in [0.15, 0.2) is 14.9 Å². The van der Waals surface area contributed by atoms with E-state index in [0.29, 0.717) is 0 Å². The molecule has 0 radical (unpaired) electrons. The third-order valence-corrected chi connectivity index (χ3v) is 4.26. The van der Waals surface area contributed by atoms with E-state index in [1.54, 1.807) is 0 Å². The molecule has 10 heteroatoms. The zero-order valence-electron chi connectivity index (χ0n) is 9.90. The van der Waals surface area contributed by atoms with Crippen molar-refractivity contribution >= 4 is 31.5 Å². The maximum Gasteiger partial charge on any atom is 0.304 e. The van der Waals surface area contributed by atoms with Crippen LogP contribution in [0.25, 0.3) is 0 Å². The summed E-state index contributed by atoms with van der Waals surface area (Å²) >= 11 is 0. The molecular formula is C9H12N2O6S2. The van der Waals surface area contributed by atoms with Crippen LogP contribution in [0.4, 0.5) is 5.69 Å². The van der Waals surface area contributed by atoms with Gasteiger partial charge in [-0.1, -0.05) is 0 Å². The molecule has 0 aliphatic heterocycles. The van der Waals surface area contributed by atoms with E-state index >= 15 is 0 Å². The van der Waals surface area contributed by atoms with E-state index in [9.17, 15) is 21.6 Å². The monoisotopic (exact) mass is 308 g/mol. The Morgan fingerprint density at radius 3 is 2.37 bits per heavy atom. The van der Waals surface area contributed by atoms with E-state index in [4.69, 9.17) is 5.11 Å². The van der Waals surface area contributed by atoms with Crippen LogP contribution in [-0.2, 0) is 24.7 Å². The van der Waals surface area contributed by atoms with E-state index in [-0.39, 0.29) is 10.7 Å². The first-order valence-electron chi connectivity index (χ1n) is 4.98. The third-order valence-electron chi connectivity index (χ3n) is 1.97. The molecule has 0 amide bonds. The fourth-order valence-corrected chi connectivity index (χ4v) is 2.70. The molecule has 0 spiro atoms. The summed E-state index contributed by atoms with van der Waals surface area (Å²) in [6.07, 6.45) is 1.50. The predicted octanol–water partition coefficient (Wildman–Crippen LogP) is -0.299. The molecule has 0 bridgehead atoms. The zero-order chi connectivity index (χ0) is 14.7. The van der Waals surface area contributed by atoms with Crippen molar-refractivity contribution in [1.29, 1.82) is 0 Å². The molecule has 19 heavy (non-hydrogen) atoms. The number of aromatic nitrogens is 1. The van der Waals surface area contributed by atoms with Crippen LogP contribution < -0.4 is 4.72 Å². The molecule has 1 aromatic rings. The van der Waals surface area contributed by atoms with Crippen molar-refractivity contribution in [1.82, 2.24) is 4.98 Å². The lowest BCUT2D eigenvalue weighted by Gasteiger charge is -2.06. The summed E-state index contributed by atoms with van der Waals surface area (Å²) in [5.41, 5.74) is 0.0674. The summed E-state index contributed by atoms with van der Waals surface area (Å²) in [4.78, 5) is 13.9. The number of sulfone groups is 1. The first-order valence-corrected chi connectivity index (χ1v) is 8.53. The van der Waals surface area contributed by atoms with Gasteiger partial charge in [-0.3, -0.25) is 9.52 Å². The van der Waals surface area contributed by atoms with Crippen LogP contribution in [0.1, 0.15) is 6.42 Å². The van der Waals surface area contributed by atoms with Gasteiger partial charge in [-0.2, -0.15) is 0 Å². The van der Waals surface area contributed by atoms with Gasteiger partial charge in [0, 0.05) is 6.26 Å². The normalized spacial score (nSPS) is 12.1. The van der Waals surface area contributed by atoms with Crippen molar-refractivity contribution in [2.45, 2.75) is 11.4 Å². The highest BCUT2D eigenvalue weighted by Crippen LogP contribution is 2.12. The summed E-state index contributed by atoms with van der Waals surface area (Å²) in [7, 11) is -7.25. The molecule has 0 aromatic carbocycles. The molecular weight excluding hydrogens is 296 g/mol. The van der Waals surface area contributed by atoms with E-state index in [0.717, 1.165) is 18.5 Å². The standard InChI is InChI=1S/C9H12N2O6S2/c1-18(14,15)8-3-2-7(6-10-8)11-19(16,17)5-4-9(12)13/h2-3,6,11H,4-5H2,1H3,(H,12,13). The highest BCUT2D eigenvalue weighted by atomic mass is 32.2. The van der Waals surface area contributed by atoms with Crippen LogP contribution in [0.15, 0.2) is 23.4 Å². The van der Waals surface area contributed by atoms with Gasteiger partial charge in [-0.15, -0.1) is 0 Å². The Hall–Kier alpha value is -1.68. The minimum atomic E-state index is -3.80. The van der Waals surface area contributed by atoms with Crippen LogP contribution in [0.2, 0.25) is 0 Å². The van der Waals surface area contributed by atoms with E-state index < -0.39 is 38.0 Å². The second-order valence-corrected chi connectivity index (χ2v) is 7.53. The van der Waals surface area contributed by atoms with Gasteiger partial charge >= 0.3 is 5.97 Å². The van der Waals surface area contributed by atoms with Crippen molar-refractivity contribution in [2.75, 3.05) is 16.7 Å². The quantitative estimate of drug-likeness (QED) is 0.737. The number of nitrogens with one attached hydrogen (secondary N) is 1. The average Bonchev–Trinajstić information content (AvgIpc) is 2.25. The maximum absolute atomic E-state index is 11.5. The number of anilines is 1. The number of sulfonamides is 1. The Kier molecular flexibility index (Phi) is 4.48. The number of hydrogen-bond acceptors (Lipinski definition) is 6. The molecule has 1 aromatic heterocycles. The van der Waals surface area contributed by atoms with Crippen molar-refractivity contribution < 1.29 is 26.7 Å². The van der Waals surface area contributed by atoms with Crippen LogP contribution in [0.5, 0.6) is 0 Å². The first-order chi connectivity index (χ1) is 8.60. The molecule has 0 atom stereocenters. The van der Waals surface area contributed by atoms with Gasteiger partial charge in [-0.05, 0) is 12.1 Å². The molecule has 0 aliphatic carbocycles. The van der Waals surface area contributed by atoms with Crippen LogP contribution in [-0.4, -0.2) is 44.9 Å². The van der Waals surface area contributed by atoms with Crippen molar-refractivity contribution in [3.8, 4) is 0 Å². The third kappa shape index (κ3) is 5.22. The number of rotatable bonds is 6. The Labute approximate surface area is 110 Å². The second-order valence-electron chi connectivity index (χ2n) is 3.72. The van der Waals surface area contributed by atoms with Crippen molar-refractivity contribution in [3.05, 3.63) is 18.3 Å². The largest absolute Gasteiger partial charge is 0.481 e. The minimum absolute atomic E-state index is 0.0674. The number of aliphatic carboxylic acids is 1. The molecule has 1 rings (SSSR count). The fourth-order valence-electron chi connectivity index (χ4n) is 1.11. The lowest BCUT2D eigenvalue weighted by molar-refractivity contribution is -0.136. The Morgan fingerprint density at radius 1 is 1.32 bits per heavy atom. The molecule has 0 fully saturated rings. The summed E-state index contributed by atoms with van der Waals surface area (Å²) in [5, 5.41) is 8.22. The SMILES string of the molecule is CS(=O)(=O)c1ccc(NS(=O)(=O)CCC(=O)O)cn1. The first kappa shape index (κ1) is 15.4. The molecule has 0 unspecified atom stereocenters. The topological polar surface area (TPSA) is 130 Å². The van der Waals surface area contributed by atoms with Gasteiger partial charge in [0.2, 0.25) is 10.0 Å². The Bertz CT molecular complexity index is 663. The highest BCUT2D eigenvalue weighted by molar-refractivity contribution is 7.92. The van der Waals surface area contributed by atoms with E-state index in [2.05, 4.69) is 9.71 Å². The van der Waals surface area contributed by atoms with Gasteiger partial charge in [0.25, 0.3) is 0 Å². The molecule has 2 N–H and O–H groups in total. The fraction of sp³-hybridized carbons (Fsp3) is 0.333. The van der Waals surface area contributed by atoms with E-state index in [1.807, 2.05) is 0 Å². The van der Waals surface area contributed by atoms with Gasteiger partial charge < -0.3 is 5.11 Å². The lowest BCUT2D eigenvalue weighted by Crippen LogP contribution is -2.19. The van der Waals surface area contributed by atoms with Gasteiger partial charge in [0.1, 0.15) is 0 Å². The molecule has 8 nitrogen and oxygen atoms in total. The molecule has 1 heterocycles. The van der Waals surface area contributed by atoms with Crippen LogP contribution >= 0.6 is 0 Å².